The van der Waals surface area contributed by atoms with Crippen molar-refractivity contribution in [3.05, 3.63) is 70.3 Å². The van der Waals surface area contributed by atoms with Gasteiger partial charge in [-0.25, -0.2) is 0 Å². The van der Waals surface area contributed by atoms with Crippen LogP contribution in [0.5, 0.6) is 0 Å². The third-order valence-corrected chi connectivity index (χ3v) is 4.38. The monoisotopic (exact) mass is 344 g/mol. The van der Waals surface area contributed by atoms with Gasteiger partial charge in [0, 0.05) is 12.7 Å². The molecule has 0 aliphatic rings. The zero-order valence-electron chi connectivity index (χ0n) is 14.2. The summed E-state index contributed by atoms with van der Waals surface area (Å²) in [6, 6.07) is 17.3. The Balaban J connectivity index is 1.71. The Kier molecular flexibility index (Phi) is 3.86. The van der Waals surface area contributed by atoms with Gasteiger partial charge in [0.15, 0.2) is 5.82 Å². The molecule has 2 heterocycles. The molecule has 0 atom stereocenters. The van der Waals surface area contributed by atoms with Crippen LogP contribution in [0, 0.1) is 11.3 Å². The second-order valence-electron chi connectivity index (χ2n) is 6.02. The van der Waals surface area contributed by atoms with Gasteiger partial charge >= 0.3 is 0 Å². The fourth-order valence-electron chi connectivity index (χ4n) is 3.02. The van der Waals surface area contributed by atoms with Crippen LogP contribution < -0.4 is 10.9 Å². The van der Waals surface area contributed by atoms with Crippen LogP contribution in [0.1, 0.15) is 11.4 Å². The number of para-hydroxylation sites is 1. The van der Waals surface area contributed by atoms with Gasteiger partial charge in [0.1, 0.15) is 0 Å². The summed E-state index contributed by atoms with van der Waals surface area (Å²) in [6.07, 6.45) is 0.398. The number of nitrogens with one attached hydrogen (secondary N) is 1. The fourth-order valence-corrected chi connectivity index (χ4v) is 3.02. The van der Waals surface area contributed by atoms with Crippen molar-refractivity contribution in [1.82, 2.24) is 19.2 Å². The van der Waals surface area contributed by atoms with E-state index in [9.17, 15) is 4.79 Å². The first kappa shape index (κ1) is 15.8. The van der Waals surface area contributed by atoms with Crippen molar-refractivity contribution in [2.45, 2.75) is 13.0 Å². The lowest BCUT2D eigenvalue weighted by Crippen LogP contribution is -2.20. The Hall–Kier alpha value is -3.66. The van der Waals surface area contributed by atoms with Gasteiger partial charge in [0.2, 0.25) is 5.78 Å². The summed E-state index contributed by atoms with van der Waals surface area (Å²) in [5.41, 5.74) is 2.61. The number of nitrogens with zero attached hydrogens (tertiary/aromatic N) is 5. The molecule has 4 aromatic rings. The Morgan fingerprint density at radius 3 is 2.65 bits per heavy atom. The average molecular weight is 344 g/mol. The molecule has 7 nitrogen and oxygen atoms in total. The van der Waals surface area contributed by atoms with Crippen molar-refractivity contribution in [2.75, 3.05) is 5.32 Å². The SMILES string of the molecule is Cn1c(=O)c2ccccc2n2c(CNc3ccc(CC#N)cc3)nnc12. The number of anilines is 1. The molecule has 128 valence electrons. The van der Waals surface area contributed by atoms with Crippen molar-refractivity contribution in [1.29, 1.82) is 5.26 Å². The molecule has 0 saturated carbocycles. The van der Waals surface area contributed by atoms with E-state index in [1.807, 2.05) is 52.9 Å². The van der Waals surface area contributed by atoms with E-state index in [0.29, 0.717) is 30.0 Å². The topological polar surface area (TPSA) is 88.0 Å². The first-order chi connectivity index (χ1) is 12.7. The molecular formula is C19H16N6O. The number of benzene rings is 2. The molecule has 0 amide bonds. The smallest absolute Gasteiger partial charge is 0.262 e. The van der Waals surface area contributed by atoms with Crippen LogP contribution in [-0.4, -0.2) is 19.2 Å². The number of hydrogen-bond acceptors (Lipinski definition) is 5. The van der Waals surface area contributed by atoms with E-state index in [0.717, 1.165) is 16.8 Å². The maximum absolute atomic E-state index is 12.5. The summed E-state index contributed by atoms with van der Waals surface area (Å²) in [7, 11) is 1.70. The lowest BCUT2D eigenvalue weighted by Gasteiger charge is -2.09. The molecule has 0 radical (unpaired) electrons. The fraction of sp³-hybridized carbons (Fsp3) is 0.158. The van der Waals surface area contributed by atoms with Crippen LogP contribution in [-0.2, 0) is 20.0 Å². The number of fused-ring (bicyclic) bond motifs is 3. The molecule has 0 unspecified atom stereocenters. The predicted octanol–water partition coefficient (Wildman–Crippen LogP) is 2.26. The minimum atomic E-state index is -0.0897. The number of aryl methyl sites for hydroxylation is 1. The molecule has 2 aromatic heterocycles. The molecule has 26 heavy (non-hydrogen) atoms. The first-order valence-electron chi connectivity index (χ1n) is 8.20. The van der Waals surface area contributed by atoms with Crippen molar-refractivity contribution >= 4 is 22.4 Å². The summed E-state index contributed by atoms with van der Waals surface area (Å²) < 4.78 is 3.41. The van der Waals surface area contributed by atoms with Crippen molar-refractivity contribution in [2.24, 2.45) is 7.05 Å². The van der Waals surface area contributed by atoms with E-state index >= 15 is 0 Å². The maximum atomic E-state index is 12.5. The van der Waals surface area contributed by atoms with Crippen LogP contribution in [0.25, 0.3) is 16.7 Å². The van der Waals surface area contributed by atoms with Gasteiger partial charge in [0.05, 0.1) is 29.9 Å². The molecule has 1 N–H and O–H groups in total. The minimum Gasteiger partial charge on any atom is -0.378 e. The lowest BCUT2D eigenvalue weighted by molar-refractivity contribution is 0.855. The van der Waals surface area contributed by atoms with E-state index in [1.54, 1.807) is 7.05 Å². The molecule has 0 aliphatic heterocycles. The highest BCUT2D eigenvalue weighted by atomic mass is 16.1. The molecule has 0 saturated heterocycles. The molecule has 0 aliphatic carbocycles. The summed E-state index contributed by atoms with van der Waals surface area (Å²) in [6.45, 7) is 0.459. The maximum Gasteiger partial charge on any atom is 0.262 e. The third kappa shape index (κ3) is 2.58. The second-order valence-corrected chi connectivity index (χ2v) is 6.02. The minimum absolute atomic E-state index is 0.0897. The van der Waals surface area contributed by atoms with Gasteiger partial charge in [-0.05, 0) is 29.8 Å². The van der Waals surface area contributed by atoms with Crippen LogP contribution in [0.15, 0.2) is 53.3 Å². The highest BCUT2D eigenvalue weighted by molar-refractivity contribution is 5.80. The molecule has 2 aromatic carbocycles. The average Bonchev–Trinajstić information content (AvgIpc) is 3.10. The van der Waals surface area contributed by atoms with E-state index < -0.39 is 0 Å². The first-order valence-corrected chi connectivity index (χ1v) is 8.20. The van der Waals surface area contributed by atoms with Gasteiger partial charge in [-0.15, -0.1) is 10.2 Å². The van der Waals surface area contributed by atoms with Crippen molar-refractivity contribution in [3.8, 4) is 6.07 Å². The molecule has 0 fully saturated rings. The zero-order chi connectivity index (χ0) is 18.1. The van der Waals surface area contributed by atoms with E-state index in [4.69, 9.17) is 5.26 Å². The van der Waals surface area contributed by atoms with Gasteiger partial charge in [-0.3, -0.25) is 13.8 Å². The van der Waals surface area contributed by atoms with Crippen LogP contribution in [0.4, 0.5) is 5.69 Å². The summed E-state index contributed by atoms with van der Waals surface area (Å²) >= 11 is 0. The highest BCUT2D eigenvalue weighted by Gasteiger charge is 2.14. The van der Waals surface area contributed by atoms with Crippen molar-refractivity contribution < 1.29 is 0 Å². The third-order valence-electron chi connectivity index (χ3n) is 4.38. The van der Waals surface area contributed by atoms with Crippen LogP contribution in [0.2, 0.25) is 0 Å². The van der Waals surface area contributed by atoms with Gasteiger partial charge in [-0.1, -0.05) is 24.3 Å². The molecule has 0 spiro atoms. The number of aromatic nitrogens is 4. The van der Waals surface area contributed by atoms with Gasteiger partial charge in [0.25, 0.3) is 5.56 Å². The zero-order valence-corrected chi connectivity index (χ0v) is 14.2. The number of nitriles is 1. The van der Waals surface area contributed by atoms with E-state index in [-0.39, 0.29) is 5.56 Å². The Morgan fingerprint density at radius 1 is 1.12 bits per heavy atom. The second kappa shape index (κ2) is 6.33. The Labute approximate surface area is 149 Å². The largest absolute Gasteiger partial charge is 0.378 e. The molecule has 7 heteroatoms. The van der Waals surface area contributed by atoms with Crippen LogP contribution >= 0.6 is 0 Å². The van der Waals surface area contributed by atoms with E-state index in [1.165, 1.54) is 4.57 Å². The molecular weight excluding hydrogens is 328 g/mol. The Morgan fingerprint density at radius 2 is 1.88 bits per heavy atom. The lowest BCUT2D eigenvalue weighted by atomic mass is 10.1. The molecule has 4 rings (SSSR count). The highest BCUT2D eigenvalue weighted by Crippen LogP contribution is 2.16. The van der Waals surface area contributed by atoms with E-state index in [2.05, 4.69) is 21.6 Å². The van der Waals surface area contributed by atoms with Crippen LogP contribution in [0.3, 0.4) is 0 Å². The normalized spacial score (nSPS) is 10.9. The number of hydrogen-bond donors (Lipinski definition) is 1. The molecule has 0 bridgehead atoms. The quantitative estimate of drug-likeness (QED) is 0.613. The van der Waals surface area contributed by atoms with Gasteiger partial charge in [-0.2, -0.15) is 5.26 Å². The Bertz CT molecular complexity index is 1200. The summed E-state index contributed by atoms with van der Waals surface area (Å²) in [5.74, 6) is 1.22. The van der Waals surface area contributed by atoms with Gasteiger partial charge < -0.3 is 5.32 Å². The van der Waals surface area contributed by atoms with Crippen molar-refractivity contribution in [3.63, 3.8) is 0 Å². The standard InChI is InChI=1S/C19H16N6O/c1-24-18(26)15-4-2-3-5-16(15)25-17(22-23-19(24)25)12-21-14-8-6-13(7-9-14)10-11-20/h2-9,21H,10,12H2,1H3. The number of rotatable bonds is 4. The summed E-state index contributed by atoms with van der Waals surface area (Å²) in [5, 5.41) is 21.1. The summed E-state index contributed by atoms with van der Waals surface area (Å²) in [4.78, 5) is 12.5. The predicted molar refractivity (Wildman–Crippen MR) is 98.8 cm³/mol.